The largest absolute Gasteiger partial charge is 0.481 e. The van der Waals surface area contributed by atoms with E-state index in [1.54, 1.807) is 0 Å². The molecule has 0 amide bonds. The summed E-state index contributed by atoms with van der Waals surface area (Å²) in [6.45, 7) is 9.60. The van der Waals surface area contributed by atoms with E-state index in [2.05, 4.69) is 6.58 Å². The molecule has 6 heteroatoms. The molecule has 0 saturated heterocycles. The molecule has 0 aromatic carbocycles. The highest BCUT2D eigenvalue weighted by atomic mass is 17.2. The van der Waals surface area contributed by atoms with Crippen molar-refractivity contribution in [2.45, 2.75) is 45.6 Å². The van der Waals surface area contributed by atoms with Gasteiger partial charge in [0.1, 0.15) is 0 Å². The monoisotopic (exact) mass is 274 g/mol. The predicted molar refractivity (Wildman–Crippen MR) is 68.4 cm³/mol. The summed E-state index contributed by atoms with van der Waals surface area (Å²) in [6, 6.07) is 0. The predicted octanol–water partition coefficient (Wildman–Crippen LogP) is 2.09. The number of hydrogen-bond donors (Lipinski definition) is 1. The molecular weight excluding hydrogens is 252 g/mol. The number of carboxylic acids is 1. The fourth-order valence-electron chi connectivity index (χ4n) is 1.00. The third-order valence-corrected chi connectivity index (χ3v) is 1.82. The average molecular weight is 274 g/mol. The molecule has 110 valence electrons. The van der Waals surface area contributed by atoms with E-state index in [1.807, 2.05) is 20.8 Å². The Morgan fingerprint density at radius 1 is 1.16 bits per heavy atom. The van der Waals surface area contributed by atoms with Gasteiger partial charge in [-0.05, 0) is 33.6 Å². The molecule has 0 radical (unpaired) electrons. The maximum atomic E-state index is 11.3. The van der Waals surface area contributed by atoms with Crippen molar-refractivity contribution in [2.24, 2.45) is 0 Å². The molecule has 1 N–H and O–H groups in total. The van der Waals surface area contributed by atoms with Crippen LogP contribution in [0.3, 0.4) is 0 Å². The lowest BCUT2D eigenvalue weighted by atomic mass is 10.2. The van der Waals surface area contributed by atoms with Crippen molar-refractivity contribution < 1.29 is 29.2 Å². The number of aliphatic carboxylic acids is 1. The Balaban J connectivity index is 3.52. The van der Waals surface area contributed by atoms with Gasteiger partial charge in [0.25, 0.3) is 0 Å². The normalized spacial score (nSPS) is 11.1. The van der Waals surface area contributed by atoms with Gasteiger partial charge >= 0.3 is 11.9 Å². The summed E-state index contributed by atoms with van der Waals surface area (Å²) in [4.78, 5) is 31.6. The summed E-state index contributed by atoms with van der Waals surface area (Å²) in [5, 5.41) is 8.47. The average Bonchev–Trinajstić information content (AvgIpc) is 2.24. The minimum absolute atomic E-state index is 0.0557. The molecule has 0 heterocycles. The minimum atomic E-state index is -1.10. The lowest BCUT2D eigenvalue weighted by Crippen LogP contribution is -2.19. The van der Waals surface area contributed by atoms with Gasteiger partial charge in [0.05, 0.1) is 25.2 Å². The molecule has 0 fully saturated rings. The van der Waals surface area contributed by atoms with Gasteiger partial charge in [0.2, 0.25) is 0 Å². The standard InChI is InChI=1S/C13H22O6/c1-10(9-11(14)15)12(16)17-7-5-6-8-18-19-13(2,3)4/h1,5-9H2,2-4H3,(H,14,15). The molecule has 6 nitrogen and oxygen atoms in total. The first-order valence-corrected chi connectivity index (χ1v) is 6.09. The Morgan fingerprint density at radius 3 is 2.26 bits per heavy atom. The van der Waals surface area contributed by atoms with E-state index >= 15 is 0 Å². The summed E-state index contributed by atoms with van der Waals surface area (Å²) in [5.41, 5.74) is -0.402. The Bertz CT molecular complexity index is 316. The van der Waals surface area contributed by atoms with E-state index in [4.69, 9.17) is 19.6 Å². The van der Waals surface area contributed by atoms with E-state index in [1.165, 1.54) is 0 Å². The lowest BCUT2D eigenvalue weighted by Gasteiger charge is -2.17. The second-order valence-electron chi connectivity index (χ2n) is 5.03. The molecule has 0 atom stereocenters. The van der Waals surface area contributed by atoms with Crippen molar-refractivity contribution in [2.75, 3.05) is 13.2 Å². The highest BCUT2D eigenvalue weighted by Gasteiger charge is 2.12. The van der Waals surface area contributed by atoms with Crippen LogP contribution in [0.2, 0.25) is 0 Å². The highest BCUT2D eigenvalue weighted by Crippen LogP contribution is 2.07. The fraction of sp³-hybridized carbons (Fsp3) is 0.692. The van der Waals surface area contributed by atoms with Crippen molar-refractivity contribution in [1.82, 2.24) is 0 Å². The van der Waals surface area contributed by atoms with Crippen LogP contribution >= 0.6 is 0 Å². The number of ether oxygens (including phenoxy) is 1. The molecule has 0 rings (SSSR count). The molecule has 19 heavy (non-hydrogen) atoms. The number of carboxylic acid groups (broad SMARTS) is 1. The number of carbonyl (C=O) groups is 2. The van der Waals surface area contributed by atoms with Gasteiger partial charge in [0.15, 0.2) is 0 Å². The van der Waals surface area contributed by atoms with Crippen LogP contribution < -0.4 is 0 Å². The number of carbonyl (C=O) groups excluding carboxylic acids is 1. The third kappa shape index (κ3) is 11.4. The van der Waals surface area contributed by atoms with E-state index in [9.17, 15) is 9.59 Å². The molecule has 0 spiro atoms. The third-order valence-electron chi connectivity index (χ3n) is 1.82. The summed E-state index contributed by atoms with van der Waals surface area (Å²) in [6.07, 6.45) is 0.885. The van der Waals surface area contributed by atoms with Gasteiger partial charge in [-0.15, -0.1) is 0 Å². The van der Waals surface area contributed by atoms with Gasteiger partial charge in [-0.1, -0.05) is 6.58 Å². The van der Waals surface area contributed by atoms with E-state index < -0.39 is 18.4 Å². The maximum absolute atomic E-state index is 11.3. The topological polar surface area (TPSA) is 82.1 Å². The molecule has 0 unspecified atom stereocenters. The molecule has 0 aliphatic rings. The lowest BCUT2D eigenvalue weighted by molar-refractivity contribution is -0.348. The highest BCUT2D eigenvalue weighted by molar-refractivity contribution is 5.92. The van der Waals surface area contributed by atoms with Crippen LogP contribution in [0.1, 0.15) is 40.0 Å². The van der Waals surface area contributed by atoms with Crippen molar-refractivity contribution in [1.29, 1.82) is 0 Å². The first-order valence-electron chi connectivity index (χ1n) is 6.09. The minimum Gasteiger partial charge on any atom is -0.481 e. The van der Waals surface area contributed by atoms with Gasteiger partial charge in [0, 0.05) is 5.57 Å². The zero-order valence-electron chi connectivity index (χ0n) is 11.7. The maximum Gasteiger partial charge on any atom is 0.333 e. The van der Waals surface area contributed by atoms with Crippen molar-refractivity contribution in [3.8, 4) is 0 Å². The summed E-state index contributed by atoms with van der Waals surface area (Å²) >= 11 is 0. The van der Waals surface area contributed by atoms with Crippen LogP contribution in [0.5, 0.6) is 0 Å². The van der Waals surface area contributed by atoms with Crippen molar-refractivity contribution in [3.63, 3.8) is 0 Å². The summed E-state index contributed by atoms with van der Waals surface area (Å²) < 4.78 is 4.85. The number of rotatable bonds is 9. The second kappa shape index (κ2) is 8.66. The quantitative estimate of drug-likeness (QED) is 0.228. The number of unbranched alkanes of at least 4 members (excludes halogenated alkanes) is 1. The van der Waals surface area contributed by atoms with Crippen LogP contribution in [0.25, 0.3) is 0 Å². The van der Waals surface area contributed by atoms with Gasteiger partial charge < -0.3 is 9.84 Å². The van der Waals surface area contributed by atoms with Crippen LogP contribution in [-0.2, 0) is 24.1 Å². The van der Waals surface area contributed by atoms with Gasteiger partial charge in [-0.3, -0.25) is 4.79 Å². The zero-order valence-corrected chi connectivity index (χ0v) is 11.7. The molecule has 0 saturated carbocycles. The second-order valence-corrected chi connectivity index (χ2v) is 5.03. The number of hydrogen-bond acceptors (Lipinski definition) is 5. The fourth-order valence-corrected chi connectivity index (χ4v) is 1.00. The first kappa shape index (κ1) is 17.6. The van der Waals surface area contributed by atoms with Crippen LogP contribution in [0.4, 0.5) is 0 Å². The van der Waals surface area contributed by atoms with Gasteiger partial charge in [-0.2, -0.15) is 0 Å². The van der Waals surface area contributed by atoms with E-state index in [-0.39, 0.29) is 17.8 Å². The Labute approximate surface area is 113 Å². The summed E-state index contributed by atoms with van der Waals surface area (Å²) in [5.74, 6) is -1.77. The SMILES string of the molecule is C=C(CC(=O)O)C(=O)OCCCCOOC(C)(C)C. The Kier molecular flexibility index (Phi) is 8.02. The summed E-state index contributed by atoms with van der Waals surface area (Å²) in [7, 11) is 0. The van der Waals surface area contributed by atoms with E-state index in [0.717, 1.165) is 0 Å². The molecule has 0 aromatic rings. The Hall–Kier alpha value is -1.40. The zero-order chi connectivity index (χ0) is 14.9. The van der Waals surface area contributed by atoms with Crippen LogP contribution in [-0.4, -0.2) is 35.9 Å². The van der Waals surface area contributed by atoms with Crippen molar-refractivity contribution >= 4 is 11.9 Å². The molecular formula is C13H22O6. The molecule has 0 aliphatic carbocycles. The molecule has 0 aliphatic heterocycles. The smallest absolute Gasteiger partial charge is 0.333 e. The molecule has 0 aromatic heterocycles. The molecule has 0 bridgehead atoms. The van der Waals surface area contributed by atoms with Crippen LogP contribution in [0.15, 0.2) is 12.2 Å². The van der Waals surface area contributed by atoms with E-state index in [0.29, 0.717) is 19.4 Å². The number of esters is 1. The van der Waals surface area contributed by atoms with Crippen LogP contribution in [0, 0.1) is 0 Å². The van der Waals surface area contributed by atoms with Crippen molar-refractivity contribution in [3.05, 3.63) is 12.2 Å². The Morgan fingerprint density at radius 2 is 1.74 bits per heavy atom. The van der Waals surface area contributed by atoms with Gasteiger partial charge in [-0.25, -0.2) is 14.6 Å². The first-order chi connectivity index (χ1) is 8.72.